The highest BCUT2D eigenvalue weighted by Gasteiger charge is 2.30. The lowest BCUT2D eigenvalue weighted by Gasteiger charge is -2.37. The van der Waals surface area contributed by atoms with E-state index in [0.29, 0.717) is 32.7 Å². The molecule has 2 heterocycles. The number of aliphatic hydroxyl groups is 1. The van der Waals surface area contributed by atoms with Crippen molar-refractivity contribution in [1.82, 2.24) is 14.5 Å². The van der Waals surface area contributed by atoms with Gasteiger partial charge in [-0.15, -0.1) is 0 Å². The largest absolute Gasteiger partial charge is 0.416 e. The van der Waals surface area contributed by atoms with Gasteiger partial charge in [-0.3, -0.25) is 9.47 Å². The minimum Gasteiger partial charge on any atom is -0.390 e. The summed E-state index contributed by atoms with van der Waals surface area (Å²) < 4.78 is 39.3. The standard InChI is InChI=1S/C17H19ClF3N5O3/c18-16-22-15(26(28)29)11-25(16)10-14(27)9-23-5-7-24(8-6-23)13-3-1-12(2-4-13)17(19,20)21/h1-4,11,14,27H,5-10H2/t14-/m0/s1. The van der Waals surface area contributed by atoms with Crippen molar-refractivity contribution >= 4 is 23.1 Å². The SMILES string of the molecule is O=[N+]([O-])c1cn(C[C@@H](O)CN2CCN(c3ccc(C(F)(F)F)cc3)CC2)c(Cl)n1. The monoisotopic (exact) mass is 433 g/mol. The number of nitro groups is 1. The van der Waals surface area contributed by atoms with Crippen LogP contribution >= 0.6 is 11.6 Å². The summed E-state index contributed by atoms with van der Waals surface area (Å²) in [6, 6.07) is 5.06. The third kappa shape index (κ3) is 5.37. The molecule has 1 fully saturated rings. The van der Waals surface area contributed by atoms with Gasteiger partial charge >= 0.3 is 17.3 Å². The van der Waals surface area contributed by atoms with E-state index in [0.717, 1.165) is 17.8 Å². The quantitative estimate of drug-likeness (QED) is 0.556. The molecular weight excluding hydrogens is 415 g/mol. The van der Waals surface area contributed by atoms with Crippen LogP contribution in [-0.2, 0) is 12.7 Å². The maximum absolute atomic E-state index is 12.7. The number of aromatic nitrogens is 2. The molecule has 12 heteroatoms. The average Bonchev–Trinajstić information content (AvgIpc) is 3.02. The first-order chi connectivity index (χ1) is 13.6. The Morgan fingerprint density at radius 2 is 1.79 bits per heavy atom. The van der Waals surface area contributed by atoms with Crippen LogP contribution in [-0.4, -0.2) is 63.3 Å². The molecule has 1 saturated heterocycles. The zero-order valence-electron chi connectivity index (χ0n) is 15.2. The number of aliphatic hydroxyl groups excluding tert-OH is 1. The average molecular weight is 434 g/mol. The number of anilines is 1. The Morgan fingerprint density at radius 3 is 2.31 bits per heavy atom. The van der Waals surface area contributed by atoms with E-state index in [1.807, 2.05) is 9.80 Å². The first-order valence-corrected chi connectivity index (χ1v) is 9.21. The Bertz CT molecular complexity index is 851. The van der Waals surface area contributed by atoms with E-state index < -0.39 is 22.8 Å². The number of imidazole rings is 1. The molecule has 3 rings (SSSR count). The summed E-state index contributed by atoms with van der Waals surface area (Å²) in [6.45, 7) is 2.86. The van der Waals surface area contributed by atoms with Gasteiger partial charge in [-0.1, -0.05) is 0 Å². The zero-order chi connectivity index (χ0) is 21.2. The Hall–Kier alpha value is -2.37. The number of piperazine rings is 1. The van der Waals surface area contributed by atoms with Gasteiger partial charge in [0.25, 0.3) is 0 Å². The molecule has 29 heavy (non-hydrogen) atoms. The molecule has 0 radical (unpaired) electrons. The summed E-state index contributed by atoms with van der Waals surface area (Å²) in [7, 11) is 0. The van der Waals surface area contributed by atoms with Gasteiger partial charge in [0.05, 0.1) is 18.2 Å². The Balaban J connectivity index is 1.50. The van der Waals surface area contributed by atoms with Crippen LogP contribution in [0.5, 0.6) is 0 Å². The summed E-state index contributed by atoms with van der Waals surface area (Å²) in [4.78, 5) is 17.7. The lowest BCUT2D eigenvalue weighted by Crippen LogP contribution is -2.49. The number of hydrogen-bond acceptors (Lipinski definition) is 6. The van der Waals surface area contributed by atoms with E-state index in [9.17, 15) is 28.4 Å². The fraction of sp³-hybridized carbons (Fsp3) is 0.471. The fourth-order valence-electron chi connectivity index (χ4n) is 3.23. The Morgan fingerprint density at radius 1 is 1.17 bits per heavy atom. The molecule has 1 aromatic heterocycles. The molecule has 2 aromatic rings. The first-order valence-electron chi connectivity index (χ1n) is 8.83. The highest BCUT2D eigenvalue weighted by Crippen LogP contribution is 2.30. The predicted octanol–water partition coefficient (Wildman–Crippen LogP) is 2.65. The maximum atomic E-state index is 12.7. The van der Waals surface area contributed by atoms with Crippen LogP contribution < -0.4 is 4.90 Å². The number of benzene rings is 1. The number of halogens is 4. The molecule has 8 nitrogen and oxygen atoms in total. The van der Waals surface area contributed by atoms with Crippen molar-refractivity contribution in [3.05, 3.63) is 51.4 Å². The molecule has 1 aliphatic heterocycles. The fourth-order valence-corrected chi connectivity index (χ4v) is 3.43. The molecule has 0 bridgehead atoms. The minimum absolute atomic E-state index is 0.0668. The zero-order valence-corrected chi connectivity index (χ0v) is 16.0. The van der Waals surface area contributed by atoms with Gasteiger partial charge in [0.1, 0.15) is 6.20 Å². The van der Waals surface area contributed by atoms with E-state index in [2.05, 4.69) is 4.98 Å². The number of hydrogen-bond donors (Lipinski definition) is 1. The van der Waals surface area contributed by atoms with Crippen LogP contribution in [0.15, 0.2) is 30.5 Å². The van der Waals surface area contributed by atoms with E-state index in [-0.39, 0.29) is 17.6 Å². The highest BCUT2D eigenvalue weighted by molar-refractivity contribution is 6.28. The van der Waals surface area contributed by atoms with Crippen LogP contribution in [0, 0.1) is 10.1 Å². The summed E-state index contributed by atoms with van der Waals surface area (Å²) >= 11 is 5.85. The van der Waals surface area contributed by atoms with E-state index in [1.165, 1.54) is 22.9 Å². The molecule has 0 amide bonds. The van der Waals surface area contributed by atoms with Crippen molar-refractivity contribution in [2.75, 3.05) is 37.6 Å². The maximum Gasteiger partial charge on any atom is 0.416 e. The molecule has 0 spiro atoms. The van der Waals surface area contributed by atoms with Gasteiger partial charge < -0.3 is 20.1 Å². The van der Waals surface area contributed by atoms with Crippen molar-refractivity contribution in [3.63, 3.8) is 0 Å². The molecule has 0 unspecified atom stereocenters. The van der Waals surface area contributed by atoms with Gasteiger partial charge in [0.2, 0.25) is 0 Å². The second-order valence-electron chi connectivity index (χ2n) is 6.76. The highest BCUT2D eigenvalue weighted by atomic mass is 35.5. The predicted molar refractivity (Wildman–Crippen MR) is 100.0 cm³/mol. The summed E-state index contributed by atoms with van der Waals surface area (Å²) in [6.07, 6.45) is -3.99. The molecule has 1 atom stereocenters. The van der Waals surface area contributed by atoms with E-state index >= 15 is 0 Å². The minimum atomic E-state index is -4.36. The van der Waals surface area contributed by atoms with Crippen LogP contribution in [0.4, 0.5) is 24.7 Å². The van der Waals surface area contributed by atoms with Crippen molar-refractivity contribution in [1.29, 1.82) is 0 Å². The van der Waals surface area contributed by atoms with Gasteiger partial charge in [-0.05, 0) is 45.8 Å². The van der Waals surface area contributed by atoms with Gasteiger partial charge in [-0.2, -0.15) is 13.2 Å². The molecule has 158 valence electrons. The number of alkyl halides is 3. The van der Waals surface area contributed by atoms with Crippen molar-refractivity contribution in [3.8, 4) is 0 Å². The van der Waals surface area contributed by atoms with Gasteiger partial charge in [0.15, 0.2) is 0 Å². The smallest absolute Gasteiger partial charge is 0.390 e. The second-order valence-corrected chi connectivity index (χ2v) is 7.10. The van der Waals surface area contributed by atoms with Crippen LogP contribution in [0.3, 0.4) is 0 Å². The van der Waals surface area contributed by atoms with E-state index in [4.69, 9.17) is 11.6 Å². The molecule has 0 saturated carbocycles. The van der Waals surface area contributed by atoms with Crippen LogP contribution in [0.2, 0.25) is 5.28 Å². The lowest BCUT2D eigenvalue weighted by molar-refractivity contribution is -0.389. The molecule has 1 N–H and O–H groups in total. The Labute approximate surface area is 169 Å². The molecule has 1 aliphatic rings. The topological polar surface area (TPSA) is 87.7 Å². The van der Waals surface area contributed by atoms with E-state index in [1.54, 1.807) is 0 Å². The number of nitrogens with zero attached hydrogens (tertiary/aromatic N) is 5. The summed E-state index contributed by atoms with van der Waals surface area (Å²) in [5.41, 5.74) is 0.0390. The third-order valence-electron chi connectivity index (χ3n) is 4.71. The number of rotatable bonds is 6. The van der Waals surface area contributed by atoms with Gasteiger partial charge in [0, 0.05) is 38.4 Å². The summed E-state index contributed by atoms with van der Waals surface area (Å²) in [5.74, 6) is -0.382. The van der Waals surface area contributed by atoms with Crippen LogP contribution in [0.1, 0.15) is 5.56 Å². The van der Waals surface area contributed by atoms with Crippen LogP contribution in [0.25, 0.3) is 0 Å². The second kappa shape index (κ2) is 8.56. The van der Waals surface area contributed by atoms with Gasteiger partial charge in [-0.25, -0.2) is 0 Å². The first kappa shape index (κ1) is 21.3. The normalized spacial score (nSPS) is 16.8. The van der Waals surface area contributed by atoms with Crippen molar-refractivity contribution < 1.29 is 23.2 Å². The van der Waals surface area contributed by atoms with Crippen molar-refractivity contribution in [2.24, 2.45) is 0 Å². The van der Waals surface area contributed by atoms with Crippen molar-refractivity contribution in [2.45, 2.75) is 18.8 Å². The lowest BCUT2D eigenvalue weighted by atomic mass is 10.1. The Kier molecular flexibility index (Phi) is 6.30. The molecule has 0 aliphatic carbocycles. The molecular formula is C17H19ClF3N5O3. The summed E-state index contributed by atoms with van der Waals surface area (Å²) in [5, 5.41) is 20.9. The number of β-amino-alcohol motifs (C(OH)–C–C–N with tert-alkyl or cyclic N) is 1. The third-order valence-corrected chi connectivity index (χ3v) is 5.01. The molecule has 1 aromatic carbocycles.